The van der Waals surface area contributed by atoms with E-state index in [-0.39, 0.29) is 13.0 Å². The van der Waals surface area contributed by atoms with Gasteiger partial charge in [-0.15, -0.1) is 0 Å². The number of ether oxygens (including phenoxy) is 1. The lowest BCUT2D eigenvalue weighted by atomic mass is 9.95. The summed E-state index contributed by atoms with van der Waals surface area (Å²) in [5, 5.41) is 8.61. The van der Waals surface area contributed by atoms with Crippen LogP contribution in [-0.2, 0) is 9.53 Å². The zero-order valence-electron chi connectivity index (χ0n) is 6.56. The van der Waals surface area contributed by atoms with Gasteiger partial charge in [0.05, 0.1) is 6.61 Å². The number of hydrogen-bond acceptors (Lipinski definition) is 2. The molecule has 3 nitrogen and oxygen atoms in total. The Morgan fingerprint density at radius 1 is 1.64 bits per heavy atom. The Morgan fingerprint density at radius 2 is 2.18 bits per heavy atom. The van der Waals surface area contributed by atoms with Crippen LogP contribution < -0.4 is 0 Å². The molecule has 0 radical (unpaired) electrons. The fraction of sp³-hybridized carbons (Fsp3) is 0.857. The molecule has 1 fully saturated rings. The van der Waals surface area contributed by atoms with Crippen molar-refractivity contribution in [1.82, 2.24) is 0 Å². The third kappa shape index (κ3) is 1.50. The first-order valence-electron chi connectivity index (χ1n) is 3.42. The number of hydrogen-bond donors (Lipinski definition) is 1. The maximum atomic E-state index is 13.1. The van der Waals surface area contributed by atoms with E-state index in [2.05, 4.69) is 0 Å². The molecular formula is C7H11FO3. The molecular weight excluding hydrogens is 151 g/mol. The van der Waals surface area contributed by atoms with Crippen molar-refractivity contribution in [1.29, 1.82) is 0 Å². The first kappa shape index (κ1) is 8.46. The predicted molar refractivity (Wildman–Crippen MR) is 36.1 cm³/mol. The number of carboxylic acid groups (broad SMARTS) is 1. The lowest BCUT2D eigenvalue weighted by Crippen LogP contribution is -2.35. The van der Waals surface area contributed by atoms with E-state index in [9.17, 15) is 9.18 Å². The molecule has 0 aromatic rings. The van der Waals surface area contributed by atoms with Crippen LogP contribution in [0.3, 0.4) is 0 Å². The van der Waals surface area contributed by atoms with Gasteiger partial charge in [-0.25, -0.2) is 9.18 Å². The number of carboxylic acids is 1. The summed E-state index contributed by atoms with van der Waals surface area (Å²) in [7, 11) is 0. The largest absolute Gasteiger partial charge is 0.479 e. The van der Waals surface area contributed by atoms with Crippen LogP contribution in [0.4, 0.5) is 4.39 Å². The highest BCUT2D eigenvalue weighted by molar-refractivity contribution is 5.77. The van der Waals surface area contributed by atoms with Crippen LogP contribution in [0, 0.1) is 0 Å². The molecule has 1 N–H and O–H groups in total. The van der Waals surface area contributed by atoms with Gasteiger partial charge in [0.2, 0.25) is 0 Å². The molecule has 1 aliphatic rings. The summed E-state index contributed by atoms with van der Waals surface area (Å²) in [6.45, 7) is 2.61. The summed E-state index contributed by atoms with van der Waals surface area (Å²) in [5.74, 6) is -1.10. The van der Waals surface area contributed by atoms with Crippen molar-refractivity contribution in [3.05, 3.63) is 0 Å². The highest BCUT2D eigenvalue weighted by Crippen LogP contribution is 2.35. The van der Waals surface area contributed by atoms with Crippen molar-refractivity contribution >= 4 is 5.97 Å². The third-order valence-corrected chi connectivity index (χ3v) is 1.85. The van der Waals surface area contributed by atoms with Gasteiger partial charge in [-0.05, 0) is 13.8 Å². The summed E-state index contributed by atoms with van der Waals surface area (Å²) in [5.41, 5.74) is -2.82. The second kappa shape index (κ2) is 2.17. The van der Waals surface area contributed by atoms with Gasteiger partial charge in [0.15, 0.2) is 5.60 Å². The minimum Gasteiger partial charge on any atom is -0.479 e. The van der Waals surface area contributed by atoms with E-state index in [1.54, 1.807) is 0 Å². The monoisotopic (exact) mass is 162 g/mol. The highest BCUT2D eigenvalue weighted by atomic mass is 19.1. The van der Waals surface area contributed by atoms with E-state index < -0.39 is 17.2 Å². The molecule has 0 aliphatic carbocycles. The van der Waals surface area contributed by atoms with Crippen LogP contribution in [0.25, 0.3) is 0 Å². The normalized spacial score (nSPS) is 44.3. The van der Waals surface area contributed by atoms with Crippen LogP contribution >= 0.6 is 0 Å². The molecule has 0 aromatic heterocycles. The fourth-order valence-corrected chi connectivity index (χ4v) is 1.25. The van der Waals surface area contributed by atoms with Crippen molar-refractivity contribution in [2.75, 3.05) is 6.61 Å². The van der Waals surface area contributed by atoms with Gasteiger partial charge >= 0.3 is 5.97 Å². The molecule has 2 unspecified atom stereocenters. The first-order valence-corrected chi connectivity index (χ1v) is 3.42. The minimum absolute atomic E-state index is 0.0741. The number of halogens is 1. The van der Waals surface area contributed by atoms with Gasteiger partial charge in [0.1, 0.15) is 5.67 Å². The molecule has 1 heterocycles. The fourth-order valence-electron chi connectivity index (χ4n) is 1.25. The average Bonchev–Trinajstić information content (AvgIpc) is 2.08. The van der Waals surface area contributed by atoms with E-state index in [0.717, 1.165) is 0 Å². The number of carbonyl (C=O) groups is 1. The molecule has 1 rings (SSSR count). The zero-order chi connectivity index (χ0) is 8.70. The van der Waals surface area contributed by atoms with Crippen LogP contribution in [0.2, 0.25) is 0 Å². The Bertz CT molecular complexity index is 190. The summed E-state index contributed by atoms with van der Waals surface area (Å²) >= 11 is 0. The Labute approximate surface area is 64.2 Å². The second-order valence-electron chi connectivity index (χ2n) is 3.41. The molecule has 2 atom stereocenters. The molecule has 64 valence electrons. The predicted octanol–water partition coefficient (Wildman–Crippen LogP) is 0.978. The van der Waals surface area contributed by atoms with E-state index in [0.29, 0.717) is 0 Å². The minimum atomic E-state index is -1.49. The lowest BCUT2D eigenvalue weighted by Gasteiger charge is -2.16. The van der Waals surface area contributed by atoms with Crippen LogP contribution in [-0.4, -0.2) is 29.0 Å². The van der Waals surface area contributed by atoms with E-state index in [4.69, 9.17) is 9.84 Å². The maximum Gasteiger partial charge on any atom is 0.335 e. The van der Waals surface area contributed by atoms with Crippen molar-refractivity contribution < 1.29 is 19.0 Å². The molecule has 0 aromatic carbocycles. The molecule has 11 heavy (non-hydrogen) atoms. The zero-order valence-corrected chi connectivity index (χ0v) is 6.56. The third-order valence-electron chi connectivity index (χ3n) is 1.85. The second-order valence-corrected chi connectivity index (χ2v) is 3.41. The quantitative estimate of drug-likeness (QED) is 0.625. The van der Waals surface area contributed by atoms with E-state index in [1.807, 2.05) is 0 Å². The van der Waals surface area contributed by atoms with Crippen LogP contribution in [0.1, 0.15) is 20.3 Å². The molecule has 0 spiro atoms. The molecule has 1 saturated heterocycles. The standard InChI is InChI=1S/C7H11FO3/c1-6(8)3-7(2,5(9)10)11-4-6/h3-4H2,1-2H3,(H,9,10). The number of rotatable bonds is 1. The molecule has 0 amide bonds. The lowest BCUT2D eigenvalue weighted by molar-refractivity contribution is -0.157. The smallest absolute Gasteiger partial charge is 0.335 e. The number of aliphatic carboxylic acids is 1. The maximum absolute atomic E-state index is 13.1. The molecule has 0 saturated carbocycles. The van der Waals surface area contributed by atoms with E-state index >= 15 is 0 Å². The van der Waals surface area contributed by atoms with Crippen molar-refractivity contribution in [3.8, 4) is 0 Å². The van der Waals surface area contributed by atoms with Crippen molar-refractivity contribution in [2.45, 2.75) is 31.5 Å². The van der Waals surface area contributed by atoms with Gasteiger partial charge in [-0.2, -0.15) is 0 Å². The number of alkyl halides is 1. The van der Waals surface area contributed by atoms with Gasteiger partial charge < -0.3 is 9.84 Å². The average molecular weight is 162 g/mol. The molecule has 4 heteroatoms. The van der Waals surface area contributed by atoms with Crippen molar-refractivity contribution in [2.24, 2.45) is 0 Å². The van der Waals surface area contributed by atoms with Gasteiger partial charge in [0, 0.05) is 6.42 Å². The highest BCUT2D eigenvalue weighted by Gasteiger charge is 2.49. The molecule has 0 bridgehead atoms. The summed E-state index contributed by atoms with van der Waals surface area (Å²) in [6.07, 6.45) is -0.0741. The Balaban J connectivity index is 2.73. The van der Waals surface area contributed by atoms with Gasteiger partial charge in [-0.1, -0.05) is 0 Å². The van der Waals surface area contributed by atoms with E-state index in [1.165, 1.54) is 13.8 Å². The summed E-state index contributed by atoms with van der Waals surface area (Å²) < 4.78 is 17.9. The topological polar surface area (TPSA) is 46.5 Å². The van der Waals surface area contributed by atoms with Crippen LogP contribution in [0.15, 0.2) is 0 Å². The first-order chi connectivity index (χ1) is 4.86. The Morgan fingerprint density at radius 3 is 2.36 bits per heavy atom. The van der Waals surface area contributed by atoms with Gasteiger partial charge in [0.25, 0.3) is 0 Å². The van der Waals surface area contributed by atoms with Crippen LogP contribution in [0.5, 0.6) is 0 Å². The Kier molecular flexibility index (Phi) is 1.67. The Hall–Kier alpha value is -0.640. The summed E-state index contributed by atoms with van der Waals surface area (Å²) in [6, 6.07) is 0. The summed E-state index contributed by atoms with van der Waals surface area (Å²) in [4.78, 5) is 10.5. The van der Waals surface area contributed by atoms with Crippen molar-refractivity contribution in [3.63, 3.8) is 0 Å². The SMILES string of the molecule is CC1(F)COC(C)(C(=O)O)C1. The molecule has 1 aliphatic heterocycles. The van der Waals surface area contributed by atoms with Gasteiger partial charge in [-0.3, -0.25) is 0 Å².